The first-order chi connectivity index (χ1) is 15.4. The third-order valence-corrected chi connectivity index (χ3v) is 4.79. The lowest BCUT2D eigenvalue weighted by Crippen LogP contribution is -2.30. The van der Waals surface area contributed by atoms with Crippen molar-refractivity contribution in [1.29, 1.82) is 0 Å². The second-order valence-corrected chi connectivity index (χ2v) is 7.09. The topological polar surface area (TPSA) is 68.0 Å². The van der Waals surface area contributed by atoms with Gasteiger partial charge in [-0.25, -0.2) is 0 Å². The van der Waals surface area contributed by atoms with Gasteiger partial charge in [-0.2, -0.15) is 13.2 Å². The number of hydrogen-bond donors (Lipinski definition) is 1. The van der Waals surface area contributed by atoms with E-state index in [0.717, 1.165) is 23.3 Å². The molecular weight excluding hydrogens is 419 g/mol. The SMILES string of the molecule is O=C(Cc1ccc(C(F)(F)F)cc1)N[C@H](c1ccccc1)c1nnc(-c2ccccc2)o1. The van der Waals surface area contributed by atoms with E-state index in [1.54, 1.807) is 0 Å². The molecule has 0 saturated heterocycles. The fraction of sp³-hybridized carbons (Fsp3) is 0.125. The van der Waals surface area contributed by atoms with Crippen LogP contribution in [0.5, 0.6) is 0 Å². The molecule has 4 rings (SSSR count). The molecule has 1 aromatic heterocycles. The Labute approximate surface area is 181 Å². The maximum Gasteiger partial charge on any atom is 0.416 e. The Bertz CT molecular complexity index is 1170. The molecule has 0 aliphatic carbocycles. The summed E-state index contributed by atoms with van der Waals surface area (Å²) in [5.41, 5.74) is 1.17. The van der Waals surface area contributed by atoms with Gasteiger partial charge in [-0.3, -0.25) is 4.79 Å². The summed E-state index contributed by atoms with van der Waals surface area (Å²) in [6, 6.07) is 22.1. The molecule has 0 aliphatic heterocycles. The van der Waals surface area contributed by atoms with Crippen molar-refractivity contribution in [2.75, 3.05) is 0 Å². The molecule has 162 valence electrons. The molecule has 0 fully saturated rings. The van der Waals surface area contributed by atoms with Crippen LogP contribution in [-0.4, -0.2) is 16.1 Å². The molecule has 4 aromatic rings. The Morgan fingerprint density at radius 1 is 0.875 bits per heavy atom. The zero-order valence-corrected chi connectivity index (χ0v) is 16.7. The Morgan fingerprint density at radius 2 is 1.50 bits per heavy atom. The highest BCUT2D eigenvalue weighted by Crippen LogP contribution is 2.29. The molecule has 1 atom stereocenters. The van der Waals surface area contributed by atoms with Crippen LogP contribution < -0.4 is 5.32 Å². The van der Waals surface area contributed by atoms with Crippen LogP contribution in [0.15, 0.2) is 89.3 Å². The number of amides is 1. The molecule has 0 aliphatic rings. The average molecular weight is 437 g/mol. The van der Waals surface area contributed by atoms with Crippen LogP contribution >= 0.6 is 0 Å². The van der Waals surface area contributed by atoms with Gasteiger partial charge in [0.1, 0.15) is 6.04 Å². The highest BCUT2D eigenvalue weighted by atomic mass is 19.4. The number of halogens is 3. The Hall–Kier alpha value is -3.94. The number of alkyl halides is 3. The number of rotatable bonds is 6. The molecule has 0 spiro atoms. The highest BCUT2D eigenvalue weighted by molar-refractivity contribution is 5.79. The lowest BCUT2D eigenvalue weighted by Gasteiger charge is -2.16. The van der Waals surface area contributed by atoms with Crippen molar-refractivity contribution in [3.63, 3.8) is 0 Å². The summed E-state index contributed by atoms with van der Waals surface area (Å²) in [5.74, 6) is 0.132. The summed E-state index contributed by atoms with van der Waals surface area (Å²) in [4.78, 5) is 12.7. The van der Waals surface area contributed by atoms with Gasteiger partial charge in [-0.1, -0.05) is 60.7 Å². The van der Waals surface area contributed by atoms with E-state index in [4.69, 9.17) is 4.42 Å². The van der Waals surface area contributed by atoms with Crippen LogP contribution in [0.3, 0.4) is 0 Å². The van der Waals surface area contributed by atoms with Gasteiger partial charge in [-0.15, -0.1) is 10.2 Å². The van der Waals surface area contributed by atoms with Crippen molar-refractivity contribution >= 4 is 5.91 Å². The summed E-state index contributed by atoms with van der Waals surface area (Å²) >= 11 is 0. The van der Waals surface area contributed by atoms with Crippen LogP contribution in [0.2, 0.25) is 0 Å². The van der Waals surface area contributed by atoms with Crippen LogP contribution in [0.25, 0.3) is 11.5 Å². The molecule has 0 unspecified atom stereocenters. The van der Waals surface area contributed by atoms with Crippen LogP contribution in [0.4, 0.5) is 13.2 Å². The normalized spacial score (nSPS) is 12.3. The predicted molar refractivity (Wildman–Crippen MR) is 111 cm³/mol. The van der Waals surface area contributed by atoms with Gasteiger partial charge in [0.15, 0.2) is 0 Å². The molecule has 0 radical (unpaired) electrons. The van der Waals surface area contributed by atoms with E-state index in [1.165, 1.54) is 12.1 Å². The first kappa shape index (κ1) is 21.3. The maximum atomic E-state index is 12.8. The van der Waals surface area contributed by atoms with Crippen molar-refractivity contribution < 1.29 is 22.4 Å². The van der Waals surface area contributed by atoms with E-state index in [0.29, 0.717) is 11.5 Å². The summed E-state index contributed by atoms with van der Waals surface area (Å²) < 4.78 is 44.1. The second kappa shape index (κ2) is 9.05. The standard InChI is InChI=1S/C24H18F3N3O2/c25-24(26,27)19-13-11-16(12-14-19)15-20(31)28-21(17-7-3-1-4-8-17)23-30-29-22(32-23)18-9-5-2-6-10-18/h1-14,21H,15H2,(H,28,31)/t21-/m1/s1. The van der Waals surface area contributed by atoms with Crippen molar-refractivity contribution in [2.24, 2.45) is 0 Å². The number of carbonyl (C=O) groups excluding carboxylic acids is 1. The number of nitrogens with zero attached hydrogens (tertiary/aromatic N) is 2. The second-order valence-electron chi connectivity index (χ2n) is 7.09. The number of hydrogen-bond acceptors (Lipinski definition) is 4. The van der Waals surface area contributed by atoms with Gasteiger partial charge in [0.2, 0.25) is 17.7 Å². The minimum Gasteiger partial charge on any atom is -0.418 e. The molecule has 1 amide bonds. The molecular formula is C24H18F3N3O2. The van der Waals surface area contributed by atoms with Gasteiger partial charge in [0.05, 0.1) is 12.0 Å². The first-order valence-electron chi connectivity index (χ1n) is 9.79. The van der Waals surface area contributed by atoms with Crippen LogP contribution in [0.1, 0.15) is 28.6 Å². The molecule has 1 heterocycles. The van der Waals surface area contributed by atoms with Crippen LogP contribution in [0, 0.1) is 0 Å². The minimum atomic E-state index is -4.42. The fourth-order valence-electron chi connectivity index (χ4n) is 3.19. The van der Waals surface area contributed by atoms with E-state index < -0.39 is 23.7 Å². The predicted octanol–water partition coefficient (Wildman–Crippen LogP) is 5.20. The Balaban J connectivity index is 1.54. The minimum absolute atomic E-state index is 0.0961. The molecule has 8 heteroatoms. The zero-order valence-electron chi connectivity index (χ0n) is 16.7. The van der Waals surface area contributed by atoms with Gasteiger partial charge >= 0.3 is 6.18 Å². The lowest BCUT2D eigenvalue weighted by atomic mass is 10.1. The molecule has 5 nitrogen and oxygen atoms in total. The fourth-order valence-corrected chi connectivity index (χ4v) is 3.19. The van der Waals surface area contributed by atoms with E-state index in [2.05, 4.69) is 15.5 Å². The quantitative estimate of drug-likeness (QED) is 0.450. The van der Waals surface area contributed by atoms with E-state index in [-0.39, 0.29) is 12.3 Å². The third kappa shape index (κ3) is 5.03. The van der Waals surface area contributed by atoms with Gasteiger partial charge < -0.3 is 9.73 Å². The molecule has 0 bridgehead atoms. The third-order valence-electron chi connectivity index (χ3n) is 4.79. The monoisotopic (exact) mass is 437 g/mol. The smallest absolute Gasteiger partial charge is 0.416 e. The van der Waals surface area contributed by atoms with Crippen LogP contribution in [-0.2, 0) is 17.4 Å². The molecule has 32 heavy (non-hydrogen) atoms. The van der Waals surface area contributed by atoms with Crippen molar-refractivity contribution in [1.82, 2.24) is 15.5 Å². The van der Waals surface area contributed by atoms with Gasteiger partial charge in [0.25, 0.3) is 0 Å². The Morgan fingerprint density at radius 3 is 2.12 bits per heavy atom. The number of carbonyl (C=O) groups is 1. The molecule has 0 saturated carbocycles. The highest BCUT2D eigenvalue weighted by Gasteiger charge is 2.30. The summed E-state index contributed by atoms with van der Waals surface area (Å²) in [6.07, 6.45) is -4.52. The largest absolute Gasteiger partial charge is 0.418 e. The molecule has 3 aromatic carbocycles. The summed E-state index contributed by atoms with van der Waals surface area (Å²) in [5, 5.41) is 11.0. The number of benzene rings is 3. The van der Waals surface area contributed by atoms with Gasteiger partial charge in [-0.05, 0) is 35.4 Å². The molecule has 1 N–H and O–H groups in total. The number of aromatic nitrogens is 2. The first-order valence-corrected chi connectivity index (χ1v) is 9.79. The summed E-state index contributed by atoms with van der Waals surface area (Å²) in [7, 11) is 0. The zero-order chi connectivity index (χ0) is 22.6. The maximum absolute atomic E-state index is 12.8. The lowest BCUT2D eigenvalue weighted by molar-refractivity contribution is -0.137. The van der Waals surface area contributed by atoms with Crippen molar-refractivity contribution in [3.05, 3.63) is 108 Å². The van der Waals surface area contributed by atoms with E-state index in [9.17, 15) is 18.0 Å². The average Bonchev–Trinajstić information content (AvgIpc) is 3.28. The van der Waals surface area contributed by atoms with Crippen molar-refractivity contribution in [2.45, 2.75) is 18.6 Å². The van der Waals surface area contributed by atoms with Gasteiger partial charge in [0, 0.05) is 5.56 Å². The van der Waals surface area contributed by atoms with E-state index >= 15 is 0 Å². The Kier molecular flexibility index (Phi) is 6.02. The van der Waals surface area contributed by atoms with E-state index in [1.807, 2.05) is 60.7 Å². The number of nitrogens with one attached hydrogen (secondary N) is 1. The van der Waals surface area contributed by atoms with Crippen molar-refractivity contribution in [3.8, 4) is 11.5 Å². The summed E-state index contributed by atoms with van der Waals surface area (Å²) in [6.45, 7) is 0.